The van der Waals surface area contributed by atoms with Crippen molar-refractivity contribution in [1.29, 1.82) is 0 Å². The van der Waals surface area contributed by atoms with Gasteiger partial charge in [-0.25, -0.2) is 9.59 Å². The van der Waals surface area contributed by atoms with Gasteiger partial charge in [-0.2, -0.15) is 0 Å². The molecule has 0 saturated heterocycles. The van der Waals surface area contributed by atoms with Gasteiger partial charge < -0.3 is 31.5 Å². The largest absolute Gasteiger partial charge is 0.480 e. The van der Waals surface area contributed by atoms with E-state index in [0.29, 0.717) is 21.2 Å². The zero-order valence-corrected chi connectivity index (χ0v) is 27.0. The quantitative estimate of drug-likeness (QED) is 0.146. The van der Waals surface area contributed by atoms with Crippen LogP contribution in [0.4, 0.5) is 11.4 Å². The topological polar surface area (TPSA) is 191 Å². The van der Waals surface area contributed by atoms with Crippen molar-refractivity contribution in [3.05, 3.63) is 47.5 Å². The summed E-state index contributed by atoms with van der Waals surface area (Å²) in [7, 11) is 2.21. The number of carbonyl (C=O) groups excluding carboxylic acids is 4. The fraction of sp³-hybridized carbons (Fsp3) is 0.400. The monoisotopic (exact) mass is 646 g/mol. The van der Waals surface area contributed by atoms with E-state index in [1.54, 1.807) is 24.3 Å². The molecule has 2 rings (SSSR count). The molecule has 6 N–H and O–H groups in total. The first kappa shape index (κ1) is 36.2. The van der Waals surface area contributed by atoms with E-state index < -0.39 is 35.8 Å². The number of benzene rings is 2. The molecule has 0 fully saturated rings. The minimum Gasteiger partial charge on any atom is -0.480 e. The third-order valence-corrected chi connectivity index (χ3v) is 8.41. The highest BCUT2D eigenvalue weighted by atomic mass is 33.1. The fourth-order valence-electron chi connectivity index (χ4n) is 4.07. The van der Waals surface area contributed by atoms with Gasteiger partial charge in [0.1, 0.15) is 12.1 Å². The molecule has 12 nitrogen and oxygen atoms in total. The van der Waals surface area contributed by atoms with Crippen molar-refractivity contribution in [3.63, 3.8) is 0 Å². The van der Waals surface area contributed by atoms with Crippen LogP contribution in [-0.4, -0.2) is 57.9 Å². The summed E-state index contributed by atoms with van der Waals surface area (Å²) in [6.45, 7) is 9.98. The van der Waals surface area contributed by atoms with Crippen LogP contribution in [0.5, 0.6) is 0 Å². The van der Waals surface area contributed by atoms with Crippen LogP contribution in [0, 0.1) is 11.8 Å². The highest BCUT2D eigenvalue weighted by molar-refractivity contribution is 8.76. The van der Waals surface area contributed by atoms with Crippen molar-refractivity contribution in [2.24, 2.45) is 11.8 Å². The molecular formula is C30H38N4O8S2. The van der Waals surface area contributed by atoms with Gasteiger partial charge in [0.05, 0.1) is 11.1 Å². The van der Waals surface area contributed by atoms with Gasteiger partial charge in [-0.1, -0.05) is 49.3 Å². The molecule has 4 amide bonds. The normalized spacial score (nSPS) is 12.3. The van der Waals surface area contributed by atoms with Crippen LogP contribution in [0.1, 0.15) is 75.1 Å². The Labute approximate surface area is 263 Å². The van der Waals surface area contributed by atoms with Crippen molar-refractivity contribution >= 4 is 68.5 Å². The summed E-state index contributed by atoms with van der Waals surface area (Å²) in [5, 5.41) is 29.6. The second kappa shape index (κ2) is 16.7. The van der Waals surface area contributed by atoms with Crippen LogP contribution >= 0.6 is 21.6 Å². The van der Waals surface area contributed by atoms with E-state index in [4.69, 9.17) is 0 Å². The minimum atomic E-state index is -1.18. The lowest BCUT2D eigenvalue weighted by Gasteiger charge is -2.19. The van der Waals surface area contributed by atoms with E-state index in [0.717, 1.165) is 21.6 Å². The van der Waals surface area contributed by atoms with Crippen LogP contribution in [0.15, 0.2) is 46.2 Å². The zero-order valence-electron chi connectivity index (χ0n) is 25.3. The van der Waals surface area contributed by atoms with Crippen molar-refractivity contribution in [3.8, 4) is 0 Å². The first-order valence-corrected chi connectivity index (χ1v) is 16.0. The number of carbonyl (C=O) groups is 6. The molecular weight excluding hydrogens is 608 g/mol. The molecule has 0 aliphatic heterocycles. The summed E-state index contributed by atoms with van der Waals surface area (Å²) in [5.41, 5.74) is 0.870. The van der Waals surface area contributed by atoms with E-state index in [9.17, 15) is 39.0 Å². The number of nitrogens with one attached hydrogen (secondary N) is 4. The molecule has 2 atom stereocenters. The summed E-state index contributed by atoms with van der Waals surface area (Å²) >= 11 is 0. The molecule has 0 unspecified atom stereocenters. The van der Waals surface area contributed by atoms with Crippen LogP contribution in [-0.2, 0) is 19.2 Å². The first-order valence-electron chi connectivity index (χ1n) is 13.8. The third-order valence-electron chi connectivity index (χ3n) is 5.93. The van der Waals surface area contributed by atoms with Crippen molar-refractivity contribution in [1.82, 2.24) is 10.6 Å². The minimum absolute atomic E-state index is 0.00203. The van der Waals surface area contributed by atoms with Crippen molar-refractivity contribution in [2.75, 3.05) is 10.6 Å². The summed E-state index contributed by atoms with van der Waals surface area (Å²) in [5.74, 6) is -4.41. The summed E-state index contributed by atoms with van der Waals surface area (Å²) in [4.78, 5) is 74.4. The lowest BCUT2D eigenvalue weighted by Crippen LogP contribution is -2.41. The first-order chi connectivity index (χ1) is 20.6. The molecule has 44 heavy (non-hydrogen) atoms. The van der Waals surface area contributed by atoms with Crippen molar-refractivity contribution in [2.45, 2.75) is 76.3 Å². The van der Waals surface area contributed by atoms with Gasteiger partial charge in [0, 0.05) is 35.0 Å². The predicted octanol–water partition coefficient (Wildman–Crippen LogP) is 4.86. The van der Waals surface area contributed by atoms with Crippen LogP contribution in [0.25, 0.3) is 0 Å². The Morgan fingerprint density at radius 2 is 0.977 bits per heavy atom. The molecule has 0 saturated carbocycles. The number of rotatable bonds is 15. The molecule has 0 radical (unpaired) electrons. The Kier molecular flexibility index (Phi) is 13.7. The van der Waals surface area contributed by atoms with E-state index in [2.05, 4.69) is 21.3 Å². The average Bonchev–Trinajstić information content (AvgIpc) is 2.90. The Balaban J connectivity index is 2.47. The average molecular weight is 647 g/mol. The summed E-state index contributed by atoms with van der Waals surface area (Å²) in [6, 6.07) is 6.94. The molecule has 14 heteroatoms. The van der Waals surface area contributed by atoms with E-state index >= 15 is 0 Å². The van der Waals surface area contributed by atoms with Crippen molar-refractivity contribution < 1.29 is 39.0 Å². The molecule has 2 aromatic rings. The summed E-state index contributed by atoms with van der Waals surface area (Å²) < 4.78 is 0. The van der Waals surface area contributed by atoms with Gasteiger partial charge in [-0.3, -0.25) is 19.2 Å². The summed E-state index contributed by atoms with van der Waals surface area (Å²) in [6.07, 6.45) is 0.411. The van der Waals surface area contributed by atoms with Gasteiger partial charge >= 0.3 is 11.9 Å². The second-order valence-electron chi connectivity index (χ2n) is 10.9. The molecule has 238 valence electrons. The Bertz CT molecular complexity index is 1310. The maximum Gasteiger partial charge on any atom is 0.326 e. The maximum absolute atomic E-state index is 13.3. The Morgan fingerprint density at radius 1 is 0.636 bits per heavy atom. The molecule has 0 heterocycles. The van der Waals surface area contributed by atoms with Gasteiger partial charge in [0.25, 0.3) is 11.8 Å². The predicted molar refractivity (Wildman–Crippen MR) is 170 cm³/mol. The molecule has 0 spiro atoms. The highest BCUT2D eigenvalue weighted by Crippen LogP contribution is 2.42. The van der Waals surface area contributed by atoms with Crippen LogP contribution in [0.3, 0.4) is 0 Å². The molecule has 0 aromatic heterocycles. The SMILES string of the molecule is CC(=O)Nc1ccc(SSc2ccc(NC(C)=O)cc2C(=O)N[C@H](CC(C)C)C(=O)O)c(C(=O)N[C@@H](CC(C)C)C(=O)O)c1. The molecule has 0 bridgehead atoms. The van der Waals surface area contributed by atoms with Gasteiger partial charge in [0.15, 0.2) is 0 Å². The van der Waals surface area contributed by atoms with E-state index in [1.807, 2.05) is 27.7 Å². The molecule has 2 aromatic carbocycles. The second-order valence-corrected chi connectivity index (χ2v) is 13.2. The molecule has 0 aliphatic rings. The number of carboxylic acid groups (broad SMARTS) is 2. The molecule has 0 aliphatic carbocycles. The maximum atomic E-state index is 13.3. The number of hydrogen-bond acceptors (Lipinski definition) is 8. The van der Waals surface area contributed by atoms with Crippen LogP contribution < -0.4 is 21.3 Å². The fourth-order valence-corrected chi connectivity index (χ4v) is 6.39. The third kappa shape index (κ3) is 11.6. The highest BCUT2D eigenvalue weighted by Gasteiger charge is 2.26. The van der Waals surface area contributed by atoms with E-state index in [1.165, 1.54) is 26.0 Å². The van der Waals surface area contributed by atoms with Gasteiger partial charge in [0.2, 0.25) is 11.8 Å². The van der Waals surface area contributed by atoms with Gasteiger partial charge in [-0.15, -0.1) is 0 Å². The number of amides is 4. The lowest BCUT2D eigenvalue weighted by atomic mass is 10.0. The van der Waals surface area contributed by atoms with E-state index in [-0.39, 0.29) is 47.6 Å². The zero-order chi connectivity index (χ0) is 33.1. The standard InChI is InChI=1S/C30H38N4O8S2/c1-15(2)11-23(29(39)40)33-27(37)21-13-19(31-17(5)35)7-9-25(21)43-44-26-10-8-20(32-18(6)36)14-22(26)28(38)34-24(30(41)42)12-16(3)4/h7-10,13-16,23-24H,11-12H2,1-6H3,(H,31,35)(H,32,36)(H,33,37)(H,34,38)(H,39,40)(H,41,42)/t23-,24+. The number of carboxylic acids is 2. The number of aliphatic carboxylic acids is 2. The van der Waals surface area contributed by atoms with Crippen LogP contribution in [0.2, 0.25) is 0 Å². The smallest absolute Gasteiger partial charge is 0.326 e. The number of anilines is 2. The Hall–Kier alpha value is -4.04. The Morgan fingerprint density at radius 3 is 1.25 bits per heavy atom. The van der Waals surface area contributed by atoms with Gasteiger partial charge in [-0.05, 0) is 61.1 Å². The lowest BCUT2D eigenvalue weighted by molar-refractivity contribution is -0.140. The number of hydrogen-bond donors (Lipinski definition) is 6.